The largest absolute Gasteiger partial charge is 0.506 e. The Balaban J connectivity index is 1.53. The van der Waals surface area contributed by atoms with Crippen LogP contribution in [-0.4, -0.2) is 62.8 Å². The Bertz CT molecular complexity index is 814. The van der Waals surface area contributed by atoms with Crippen LogP contribution in [0.2, 0.25) is 0 Å². The fourth-order valence-electron chi connectivity index (χ4n) is 3.63. The zero-order chi connectivity index (χ0) is 19.9. The molecule has 0 bridgehead atoms. The zero-order valence-corrected chi connectivity index (χ0v) is 17.0. The molecule has 1 aliphatic heterocycles. The molecule has 6 heteroatoms. The van der Waals surface area contributed by atoms with E-state index in [0.717, 1.165) is 56.5 Å². The Morgan fingerprint density at radius 1 is 1.14 bits per heavy atom. The summed E-state index contributed by atoms with van der Waals surface area (Å²) in [6, 6.07) is 13.8. The van der Waals surface area contributed by atoms with Gasteiger partial charge in [0, 0.05) is 39.8 Å². The van der Waals surface area contributed by atoms with Crippen LogP contribution in [0.15, 0.2) is 47.5 Å². The Labute approximate surface area is 167 Å². The number of piperazine rings is 1. The van der Waals surface area contributed by atoms with Crippen LogP contribution in [0, 0.1) is 6.92 Å². The molecular weight excluding hydrogens is 352 g/mol. The maximum Gasteiger partial charge on any atom is 0.193 e. The van der Waals surface area contributed by atoms with Gasteiger partial charge in [-0.1, -0.05) is 29.8 Å². The third-order valence-electron chi connectivity index (χ3n) is 5.13. The number of para-hydroxylation sites is 2. The van der Waals surface area contributed by atoms with Crippen LogP contribution in [0.5, 0.6) is 11.5 Å². The van der Waals surface area contributed by atoms with E-state index in [4.69, 9.17) is 4.74 Å². The number of nitrogens with zero attached hydrogens (tertiary/aromatic N) is 3. The van der Waals surface area contributed by atoms with Crippen molar-refractivity contribution in [1.82, 2.24) is 10.2 Å². The van der Waals surface area contributed by atoms with E-state index >= 15 is 0 Å². The number of phenolic OH excluding ortho intramolecular Hbond substituents is 1. The highest BCUT2D eigenvalue weighted by Gasteiger charge is 2.21. The number of hydrogen-bond donors (Lipinski definition) is 2. The van der Waals surface area contributed by atoms with Crippen molar-refractivity contribution in [2.45, 2.75) is 13.3 Å². The topological polar surface area (TPSA) is 60.3 Å². The molecule has 2 aromatic rings. The van der Waals surface area contributed by atoms with Crippen LogP contribution in [0.25, 0.3) is 0 Å². The van der Waals surface area contributed by atoms with Crippen LogP contribution in [0.1, 0.15) is 11.1 Å². The van der Waals surface area contributed by atoms with Crippen molar-refractivity contribution >= 4 is 11.6 Å². The average molecular weight is 383 g/mol. The van der Waals surface area contributed by atoms with Gasteiger partial charge in [0.2, 0.25) is 0 Å². The highest BCUT2D eigenvalue weighted by atomic mass is 16.5. The lowest BCUT2D eigenvalue weighted by Crippen LogP contribution is -2.52. The molecule has 0 aromatic heterocycles. The summed E-state index contributed by atoms with van der Waals surface area (Å²) in [6.45, 7) is 6.32. The number of aliphatic imine (C=N–C) groups is 1. The second kappa shape index (κ2) is 9.35. The smallest absolute Gasteiger partial charge is 0.193 e. The SMILES string of the molecule is CN=C(NCCc1cc(C)ccc1OC)N1CCN(c2ccccc2O)CC1. The molecule has 0 unspecified atom stereocenters. The summed E-state index contributed by atoms with van der Waals surface area (Å²) in [4.78, 5) is 8.94. The molecule has 1 heterocycles. The van der Waals surface area contributed by atoms with Crippen molar-refractivity contribution in [1.29, 1.82) is 0 Å². The van der Waals surface area contributed by atoms with Gasteiger partial charge in [0.1, 0.15) is 11.5 Å². The van der Waals surface area contributed by atoms with E-state index in [9.17, 15) is 5.11 Å². The maximum absolute atomic E-state index is 10.1. The highest BCUT2D eigenvalue weighted by Crippen LogP contribution is 2.27. The van der Waals surface area contributed by atoms with Crippen LogP contribution < -0.4 is 15.0 Å². The van der Waals surface area contributed by atoms with E-state index in [-0.39, 0.29) is 0 Å². The molecule has 1 fully saturated rings. The van der Waals surface area contributed by atoms with E-state index in [0.29, 0.717) is 5.75 Å². The van der Waals surface area contributed by atoms with Gasteiger partial charge in [-0.3, -0.25) is 4.99 Å². The number of aryl methyl sites for hydroxylation is 1. The molecule has 0 saturated carbocycles. The first-order valence-corrected chi connectivity index (χ1v) is 9.74. The maximum atomic E-state index is 10.1. The molecule has 2 aromatic carbocycles. The highest BCUT2D eigenvalue weighted by molar-refractivity contribution is 5.80. The quantitative estimate of drug-likeness (QED) is 0.615. The normalized spacial score (nSPS) is 14.9. The molecule has 1 aliphatic rings. The summed E-state index contributed by atoms with van der Waals surface area (Å²) in [5.41, 5.74) is 3.34. The van der Waals surface area contributed by atoms with Gasteiger partial charge in [0.25, 0.3) is 0 Å². The summed E-state index contributed by atoms with van der Waals surface area (Å²) < 4.78 is 5.47. The summed E-state index contributed by atoms with van der Waals surface area (Å²) in [5.74, 6) is 2.19. The first-order valence-electron chi connectivity index (χ1n) is 9.74. The number of rotatable bonds is 5. The number of nitrogens with one attached hydrogen (secondary N) is 1. The van der Waals surface area contributed by atoms with Gasteiger partial charge in [-0.2, -0.15) is 0 Å². The van der Waals surface area contributed by atoms with Crippen LogP contribution in [-0.2, 0) is 6.42 Å². The average Bonchev–Trinajstić information content (AvgIpc) is 2.72. The first-order chi connectivity index (χ1) is 13.6. The standard InChI is InChI=1S/C22H30N4O2/c1-17-8-9-21(28-3)18(16-17)10-11-24-22(23-2)26-14-12-25(13-15-26)19-6-4-5-7-20(19)27/h4-9,16,27H,10-15H2,1-3H3,(H,23,24). The van der Waals surface area contributed by atoms with E-state index in [2.05, 4.69) is 39.2 Å². The molecule has 0 spiro atoms. The van der Waals surface area contributed by atoms with Gasteiger partial charge >= 0.3 is 0 Å². The zero-order valence-electron chi connectivity index (χ0n) is 17.0. The van der Waals surface area contributed by atoms with Gasteiger partial charge in [0.15, 0.2) is 5.96 Å². The predicted octanol–water partition coefficient (Wildman–Crippen LogP) is 2.65. The van der Waals surface area contributed by atoms with Gasteiger partial charge in [0.05, 0.1) is 12.8 Å². The summed E-state index contributed by atoms with van der Waals surface area (Å²) >= 11 is 0. The van der Waals surface area contributed by atoms with Crippen LogP contribution in [0.4, 0.5) is 5.69 Å². The Hall–Kier alpha value is -2.89. The molecular formula is C22H30N4O2. The van der Waals surface area contributed by atoms with Gasteiger partial charge in [-0.05, 0) is 37.1 Å². The predicted molar refractivity (Wildman–Crippen MR) is 115 cm³/mol. The number of anilines is 1. The third-order valence-corrected chi connectivity index (χ3v) is 5.13. The molecule has 0 radical (unpaired) electrons. The molecule has 2 N–H and O–H groups in total. The van der Waals surface area contributed by atoms with Crippen molar-refractivity contribution in [3.63, 3.8) is 0 Å². The van der Waals surface area contributed by atoms with Crippen LogP contribution >= 0.6 is 0 Å². The van der Waals surface area contributed by atoms with E-state index in [1.807, 2.05) is 31.3 Å². The van der Waals surface area contributed by atoms with Crippen molar-refractivity contribution in [3.05, 3.63) is 53.6 Å². The minimum absolute atomic E-state index is 0.338. The lowest BCUT2D eigenvalue weighted by molar-refractivity contribution is 0.370. The molecule has 3 rings (SSSR count). The number of phenols is 1. The van der Waals surface area contributed by atoms with E-state index in [1.165, 1.54) is 11.1 Å². The summed E-state index contributed by atoms with van der Waals surface area (Å²) in [5, 5.41) is 13.5. The lowest BCUT2D eigenvalue weighted by atomic mass is 10.1. The molecule has 0 aliphatic carbocycles. The van der Waals surface area contributed by atoms with Crippen molar-refractivity contribution < 1.29 is 9.84 Å². The molecule has 0 atom stereocenters. The lowest BCUT2D eigenvalue weighted by Gasteiger charge is -2.37. The van der Waals surface area contributed by atoms with Gasteiger partial charge in [-0.15, -0.1) is 0 Å². The fraction of sp³-hybridized carbons (Fsp3) is 0.409. The fourth-order valence-corrected chi connectivity index (χ4v) is 3.63. The number of aromatic hydroxyl groups is 1. The van der Waals surface area contributed by atoms with E-state index in [1.54, 1.807) is 13.2 Å². The molecule has 1 saturated heterocycles. The minimum atomic E-state index is 0.338. The number of methoxy groups -OCH3 is 1. The second-order valence-electron chi connectivity index (χ2n) is 7.00. The Kier molecular flexibility index (Phi) is 6.63. The summed E-state index contributed by atoms with van der Waals surface area (Å²) in [6.07, 6.45) is 0.877. The van der Waals surface area contributed by atoms with Gasteiger partial charge in [-0.25, -0.2) is 0 Å². The third kappa shape index (κ3) is 4.68. The molecule has 6 nitrogen and oxygen atoms in total. The van der Waals surface area contributed by atoms with Gasteiger partial charge < -0.3 is 25.0 Å². The Morgan fingerprint density at radius 2 is 1.89 bits per heavy atom. The molecule has 0 amide bonds. The number of hydrogen-bond acceptors (Lipinski definition) is 4. The first kappa shape index (κ1) is 19.9. The summed E-state index contributed by atoms with van der Waals surface area (Å²) in [7, 11) is 3.54. The van der Waals surface area contributed by atoms with Crippen molar-refractivity contribution in [2.75, 3.05) is 51.8 Å². The van der Waals surface area contributed by atoms with Crippen molar-refractivity contribution in [3.8, 4) is 11.5 Å². The number of ether oxygens (including phenoxy) is 1. The van der Waals surface area contributed by atoms with Crippen LogP contribution in [0.3, 0.4) is 0 Å². The minimum Gasteiger partial charge on any atom is -0.506 e. The molecule has 28 heavy (non-hydrogen) atoms. The number of guanidine groups is 1. The monoisotopic (exact) mass is 382 g/mol. The Morgan fingerprint density at radius 3 is 2.57 bits per heavy atom. The molecule has 150 valence electrons. The second-order valence-corrected chi connectivity index (χ2v) is 7.00. The van der Waals surface area contributed by atoms with E-state index < -0.39 is 0 Å². The van der Waals surface area contributed by atoms with Crippen molar-refractivity contribution in [2.24, 2.45) is 4.99 Å². The number of benzene rings is 2.